The Morgan fingerprint density at radius 2 is 2.05 bits per heavy atom. The van der Waals surface area contributed by atoms with Gasteiger partial charge in [0.2, 0.25) is 0 Å². The van der Waals surface area contributed by atoms with Crippen molar-refractivity contribution in [3.63, 3.8) is 0 Å². The quantitative estimate of drug-likeness (QED) is 0.774. The van der Waals surface area contributed by atoms with Gasteiger partial charge in [0.1, 0.15) is 0 Å². The molecule has 0 saturated carbocycles. The van der Waals surface area contributed by atoms with Crippen LogP contribution in [0.25, 0.3) is 0 Å². The lowest BCUT2D eigenvalue weighted by Crippen LogP contribution is -2.41. The fourth-order valence-electron chi connectivity index (χ4n) is 2.30. The van der Waals surface area contributed by atoms with Gasteiger partial charge in [0.15, 0.2) is 0 Å². The van der Waals surface area contributed by atoms with Crippen molar-refractivity contribution in [2.75, 3.05) is 18.5 Å². The normalized spacial score (nSPS) is 21.0. The molecular weight excluding hydrogens is 272 g/mol. The highest BCUT2D eigenvalue weighted by Gasteiger charge is 2.29. The summed E-state index contributed by atoms with van der Waals surface area (Å²) in [5.41, 5.74) is 1.04. The number of aliphatic carboxylic acids is 1. The first kappa shape index (κ1) is 15.3. The number of amides is 2. The van der Waals surface area contributed by atoms with Crippen molar-refractivity contribution in [2.45, 2.75) is 31.8 Å². The molecule has 2 rings (SSSR count). The highest BCUT2D eigenvalue weighted by atomic mass is 16.5. The van der Waals surface area contributed by atoms with E-state index in [9.17, 15) is 9.59 Å². The third kappa shape index (κ3) is 4.75. The molecule has 2 amide bonds. The molecule has 0 aliphatic carbocycles. The number of urea groups is 1. The number of hydrogen-bond donors (Lipinski definition) is 3. The molecule has 0 aromatic heterocycles. The van der Waals surface area contributed by atoms with Crippen molar-refractivity contribution in [3.8, 4) is 0 Å². The van der Waals surface area contributed by atoms with Gasteiger partial charge < -0.3 is 20.5 Å². The molecule has 0 spiro atoms. The molecule has 1 fully saturated rings. The zero-order valence-electron chi connectivity index (χ0n) is 12.0. The molecule has 0 radical (unpaired) electrons. The highest BCUT2D eigenvalue weighted by Crippen LogP contribution is 2.23. The van der Waals surface area contributed by atoms with Gasteiger partial charge in [-0.25, -0.2) is 4.79 Å². The smallest absolute Gasteiger partial charge is 0.319 e. The standard InChI is InChI=1S/C15H20N2O4/c1-15(7-2-8-21-15)10-16-14(20)17-12-5-3-11(4-6-12)9-13(18)19/h3-6H,2,7-10H2,1H3,(H,18,19)(H2,16,17,20). The van der Waals surface area contributed by atoms with Crippen LogP contribution in [0.3, 0.4) is 0 Å². The molecule has 1 aromatic rings. The summed E-state index contributed by atoms with van der Waals surface area (Å²) in [7, 11) is 0. The van der Waals surface area contributed by atoms with Crippen molar-refractivity contribution in [3.05, 3.63) is 29.8 Å². The first-order chi connectivity index (χ1) is 9.97. The fraction of sp³-hybridized carbons (Fsp3) is 0.467. The van der Waals surface area contributed by atoms with E-state index in [0.717, 1.165) is 19.4 Å². The maximum Gasteiger partial charge on any atom is 0.319 e. The van der Waals surface area contributed by atoms with Crippen molar-refractivity contribution < 1.29 is 19.4 Å². The Kier molecular flexibility index (Phi) is 4.80. The van der Waals surface area contributed by atoms with Crippen LogP contribution in [0, 0.1) is 0 Å². The van der Waals surface area contributed by atoms with Crippen molar-refractivity contribution >= 4 is 17.7 Å². The lowest BCUT2D eigenvalue weighted by molar-refractivity contribution is -0.136. The topological polar surface area (TPSA) is 87.7 Å². The van der Waals surface area contributed by atoms with Crippen LogP contribution < -0.4 is 10.6 Å². The predicted octanol–water partition coefficient (Wildman–Crippen LogP) is 2.00. The number of carboxylic acids is 1. The second-order valence-corrected chi connectivity index (χ2v) is 5.48. The van der Waals surface area contributed by atoms with E-state index >= 15 is 0 Å². The average Bonchev–Trinajstić information content (AvgIpc) is 2.86. The van der Waals surface area contributed by atoms with E-state index in [0.29, 0.717) is 17.8 Å². The largest absolute Gasteiger partial charge is 0.481 e. The minimum Gasteiger partial charge on any atom is -0.481 e. The first-order valence-corrected chi connectivity index (χ1v) is 6.96. The molecule has 6 nitrogen and oxygen atoms in total. The lowest BCUT2D eigenvalue weighted by atomic mass is 10.0. The number of rotatable bonds is 5. The van der Waals surface area contributed by atoms with Crippen molar-refractivity contribution in [2.24, 2.45) is 0 Å². The molecule has 1 unspecified atom stereocenters. The Morgan fingerprint density at radius 3 is 2.62 bits per heavy atom. The van der Waals surface area contributed by atoms with Gasteiger partial charge in [0.05, 0.1) is 12.0 Å². The number of ether oxygens (including phenoxy) is 1. The third-order valence-electron chi connectivity index (χ3n) is 3.49. The minimum absolute atomic E-state index is 0.0256. The second kappa shape index (κ2) is 6.58. The van der Waals surface area contributed by atoms with Crippen LogP contribution in [-0.4, -0.2) is 35.9 Å². The van der Waals surface area contributed by atoms with Crippen LogP contribution >= 0.6 is 0 Å². The molecule has 1 aliphatic rings. The predicted molar refractivity (Wildman–Crippen MR) is 78.4 cm³/mol. The molecule has 1 saturated heterocycles. The summed E-state index contributed by atoms with van der Waals surface area (Å²) in [5.74, 6) is -0.877. The van der Waals surface area contributed by atoms with E-state index in [1.54, 1.807) is 24.3 Å². The molecule has 21 heavy (non-hydrogen) atoms. The van der Waals surface area contributed by atoms with Crippen molar-refractivity contribution in [1.82, 2.24) is 5.32 Å². The van der Waals surface area contributed by atoms with Gasteiger partial charge in [0, 0.05) is 18.8 Å². The molecule has 1 aliphatic heterocycles. The van der Waals surface area contributed by atoms with Gasteiger partial charge in [-0.1, -0.05) is 12.1 Å². The van der Waals surface area contributed by atoms with E-state index in [1.165, 1.54) is 0 Å². The van der Waals surface area contributed by atoms with E-state index in [2.05, 4.69) is 10.6 Å². The summed E-state index contributed by atoms with van der Waals surface area (Å²) in [4.78, 5) is 22.4. The van der Waals surface area contributed by atoms with Gasteiger partial charge in [-0.05, 0) is 37.5 Å². The summed E-state index contributed by atoms with van der Waals surface area (Å²) < 4.78 is 5.60. The Hall–Kier alpha value is -2.08. The molecule has 1 aromatic carbocycles. The number of benzene rings is 1. The van der Waals surface area contributed by atoms with E-state index in [1.807, 2.05) is 6.92 Å². The summed E-state index contributed by atoms with van der Waals surface area (Å²) >= 11 is 0. The van der Waals surface area contributed by atoms with Gasteiger partial charge in [0.25, 0.3) is 0 Å². The number of hydrogen-bond acceptors (Lipinski definition) is 3. The molecule has 114 valence electrons. The molecule has 0 bridgehead atoms. The van der Waals surface area contributed by atoms with Crippen LogP contribution in [0.4, 0.5) is 10.5 Å². The molecule has 6 heteroatoms. The maximum atomic E-state index is 11.8. The SMILES string of the molecule is CC1(CNC(=O)Nc2ccc(CC(=O)O)cc2)CCCO1. The number of carbonyl (C=O) groups is 2. The van der Waals surface area contributed by atoms with Crippen LogP contribution in [-0.2, 0) is 16.0 Å². The summed E-state index contributed by atoms with van der Waals surface area (Å²) in [5, 5.41) is 14.2. The van der Waals surface area contributed by atoms with Gasteiger partial charge >= 0.3 is 12.0 Å². The average molecular weight is 292 g/mol. The zero-order chi connectivity index (χ0) is 15.3. The Labute approximate surface area is 123 Å². The Bertz CT molecular complexity index is 507. The van der Waals surface area contributed by atoms with Gasteiger partial charge in [-0.3, -0.25) is 4.79 Å². The van der Waals surface area contributed by atoms with Crippen LogP contribution in [0.5, 0.6) is 0 Å². The third-order valence-corrected chi connectivity index (χ3v) is 3.49. The molecule has 1 atom stereocenters. The summed E-state index contributed by atoms with van der Waals surface area (Å²) in [6, 6.07) is 6.45. The second-order valence-electron chi connectivity index (χ2n) is 5.48. The van der Waals surface area contributed by atoms with E-state index < -0.39 is 5.97 Å². The van der Waals surface area contributed by atoms with Crippen molar-refractivity contribution in [1.29, 1.82) is 0 Å². The Morgan fingerprint density at radius 1 is 1.33 bits per heavy atom. The summed E-state index contributed by atoms with van der Waals surface area (Å²) in [6.45, 7) is 3.20. The van der Waals surface area contributed by atoms with Gasteiger partial charge in [-0.15, -0.1) is 0 Å². The molecule has 3 N–H and O–H groups in total. The number of nitrogens with one attached hydrogen (secondary N) is 2. The first-order valence-electron chi connectivity index (χ1n) is 6.96. The molecular formula is C15H20N2O4. The zero-order valence-corrected chi connectivity index (χ0v) is 12.0. The lowest BCUT2D eigenvalue weighted by Gasteiger charge is -2.23. The Balaban J connectivity index is 1.80. The fourth-order valence-corrected chi connectivity index (χ4v) is 2.30. The minimum atomic E-state index is -0.877. The highest BCUT2D eigenvalue weighted by molar-refractivity contribution is 5.89. The van der Waals surface area contributed by atoms with Gasteiger partial charge in [-0.2, -0.15) is 0 Å². The van der Waals surface area contributed by atoms with Crippen LogP contribution in [0.2, 0.25) is 0 Å². The van der Waals surface area contributed by atoms with E-state index in [-0.39, 0.29) is 18.1 Å². The van der Waals surface area contributed by atoms with Crippen LogP contribution in [0.1, 0.15) is 25.3 Å². The number of anilines is 1. The maximum absolute atomic E-state index is 11.8. The monoisotopic (exact) mass is 292 g/mol. The number of carboxylic acid groups (broad SMARTS) is 1. The molecule has 1 heterocycles. The number of carbonyl (C=O) groups excluding carboxylic acids is 1. The van der Waals surface area contributed by atoms with Crippen LogP contribution in [0.15, 0.2) is 24.3 Å². The summed E-state index contributed by atoms with van der Waals surface area (Å²) in [6.07, 6.45) is 1.93. The van der Waals surface area contributed by atoms with E-state index in [4.69, 9.17) is 9.84 Å².